The van der Waals surface area contributed by atoms with Gasteiger partial charge in [-0.3, -0.25) is 0 Å². The van der Waals surface area contributed by atoms with Crippen LogP contribution in [0.3, 0.4) is 0 Å². The van der Waals surface area contributed by atoms with Gasteiger partial charge < -0.3 is 9.73 Å². The molecule has 0 spiro atoms. The second kappa shape index (κ2) is 5.57. The molecule has 1 unspecified atom stereocenters. The molecular formula is C13H10BrF4NO. The van der Waals surface area contributed by atoms with Gasteiger partial charge in [0.2, 0.25) is 0 Å². The monoisotopic (exact) mass is 351 g/mol. The summed E-state index contributed by atoms with van der Waals surface area (Å²) in [5, 5.41) is 2.75. The third-order valence-corrected chi connectivity index (χ3v) is 3.23. The first-order valence-corrected chi connectivity index (χ1v) is 6.41. The van der Waals surface area contributed by atoms with Crippen LogP contribution >= 0.6 is 15.9 Å². The van der Waals surface area contributed by atoms with Gasteiger partial charge >= 0.3 is 6.18 Å². The number of nitrogens with one attached hydrogen (secondary N) is 1. The van der Waals surface area contributed by atoms with E-state index in [-0.39, 0.29) is 5.56 Å². The predicted molar refractivity (Wildman–Crippen MR) is 68.7 cm³/mol. The molecule has 2 nitrogen and oxygen atoms in total. The van der Waals surface area contributed by atoms with Crippen molar-refractivity contribution in [3.05, 3.63) is 57.7 Å². The van der Waals surface area contributed by atoms with Gasteiger partial charge in [0.1, 0.15) is 11.6 Å². The van der Waals surface area contributed by atoms with E-state index >= 15 is 0 Å². The van der Waals surface area contributed by atoms with Crippen LogP contribution in [0.2, 0.25) is 0 Å². The molecule has 0 aliphatic heterocycles. The van der Waals surface area contributed by atoms with Gasteiger partial charge in [-0.2, -0.15) is 13.2 Å². The fourth-order valence-electron chi connectivity index (χ4n) is 1.88. The van der Waals surface area contributed by atoms with E-state index in [4.69, 9.17) is 4.42 Å². The Labute approximate surface area is 120 Å². The zero-order valence-electron chi connectivity index (χ0n) is 10.3. The van der Waals surface area contributed by atoms with E-state index in [2.05, 4.69) is 21.2 Å². The Kier molecular flexibility index (Phi) is 4.19. The Bertz CT molecular complexity index is 609. The molecule has 0 bridgehead atoms. The van der Waals surface area contributed by atoms with E-state index in [0.29, 0.717) is 16.5 Å². The molecule has 0 saturated carbocycles. The number of halogens is 5. The van der Waals surface area contributed by atoms with Crippen LogP contribution in [-0.4, -0.2) is 7.05 Å². The highest BCUT2D eigenvalue weighted by Crippen LogP contribution is 2.34. The van der Waals surface area contributed by atoms with Gasteiger partial charge in [-0.25, -0.2) is 4.39 Å². The Balaban J connectivity index is 2.49. The van der Waals surface area contributed by atoms with Crippen molar-refractivity contribution >= 4 is 15.9 Å². The molecule has 108 valence electrons. The first-order valence-electron chi connectivity index (χ1n) is 5.62. The highest BCUT2D eigenvalue weighted by Gasteiger charge is 2.32. The molecule has 0 radical (unpaired) electrons. The minimum Gasteiger partial charge on any atom is -0.452 e. The number of alkyl halides is 3. The van der Waals surface area contributed by atoms with Crippen molar-refractivity contribution < 1.29 is 22.0 Å². The Morgan fingerprint density at radius 3 is 2.40 bits per heavy atom. The van der Waals surface area contributed by atoms with Crippen LogP contribution < -0.4 is 5.32 Å². The molecule has 2 aromatic rings. The normalized spacial score (nSPS) is 13.5. The first kappa shape index (κ1) is 15.1. The van der Waals surface area contributed by atoms with Crippen LogP contribution in [0, 0.1) is 5.82 Å². The van der Waals surface area contributed by atoms with E-state index < -0.39 is 23.6 Å². The van der Waals surface area contributed by atoms with Gasteiger partial charge in [0.25, 0.3) is 0 Å². The topological polar surface area (TPSA) is 25.2 Å². The number of hydrogen-bond donors (Lipinski definition) is 1. The lowest BCUT2D eigenvalue weighted by molar-refractivity contribution is -0.137. The van der Waals surface area contributed by atoms with E-state index in [1.165, 1.54) is 7.05 Å². The Morgan fingerprint density at radius 2 is 1.90 bits per heavy atom. The minimum absolute atomic E-state index is 0.121. The molecular weight excluding hydrogens is 342 g/mol. The van der Waals surface area contributed by atoms with Gasteiger partial charge in [-0.15, -0.1) is 0 Å². The molecule has 1 N–H and O–H groups in total. The maximum absolute atomic E-state index is 13.8. The van der Waals surface area contributed by atoms with Crippen molar-refractivity contribution in [3.8, 4) is 0 Å². The molecule has 20 heavy (non-hydrogen) atoms. The quantitative estimate of drug-likeness (QED) is 0.823. The van der Waals surface area contributed by atoms with Gasteiger partial charge in [0.15, 0.2) is 4.67 Å². The second-order valence-corrected chi connectivity index (χ2v) is 4.88. The average Bonchev–Trinajstić information content (AvgIpc) is 2.77. The molecule has 1 aromatic carbocycles. The molecule has 1 heterocycles. The molecule has 0 saturated heterocycles. The second-order valence-electron chi connectivity index (χ2n) is 4.10. The molecule has 1 aromatic heterocycles. The summed E-state index contributed by atoms with van der Waals surface area (Å²) >= 11 is 3.10. The smallest absolute Gasteiger partial charge is 0.416 e. The first-order chi connectivity index (χ1) is 9.32. The van der Waals surface area contributed by atoms with Crippen molar-refractivity contribution in [2.75, 3.05) is 7.05 Å². The largest absolute Gasteiger partial charge is 0.452 e. The summed E-state index contributed by atoms with van der Waals surface area (Å²) in [6.07, 6.45) is -4.52. The highest BCUT2D eigenvalue weighted by molar-refractivity contribution is 9.10. The van der Waals surface area contributed by atoms with Crippen LogP contribution in [0.4, 0.5) is 17.6 Å². The van der Waals surface area contributed by atoms with Crippen LogP contribution in [0.1, 0.15) is 22.9 Å². The summed E-state index contributed by atoms with van der Waals surface area (Å²) in [5.74, 6) is -0.414. The molecule has 0 aliphatic rings. The summed E-state index contributed by atoms with van der Waals surface area (Å²) in [7, 11) is 1.51. The fourth-order valence-corrected chi connectivity index (χ4v) is 2.19. The minimum atomic E-state index is -4.52. The summed E-state index contributed by atoms with van der Waals surface area (Å²) in [5.41, 5.74) is -1.02. The Hall–Kier alpha value is -1.34. The molecule has 0 aliphatic carbocycles. The molecule has 7 heteroatoms. The zero-order valence-corrected chi connectivity index (χ0v) is 11.8. The predicted octanol–water partition coefficient (Wildman–Crippen LogP) is 4.51. The lowest BCUT2D eigenvalue weighted by Gasteiger charge is -2.17. The maximum Gasteiger partial charge on any atom is 0.416 e. The summed E-state index contributed by atoms with van der Waals surface area (Å²) < 4.78 is 57.6. The maximum atomic E-state index is 13.8. The van der Waals surface area contributed by atoms with E-state index in [1.807, 2.05) is 0 Å². The van der Waals surface area contributed by atoms with Gasteiger partial charge in [-0.05, 0) is 53.3 Å². The Morgan fingerprint density at radius 1 is 1.20 bits per heavy atom. The van der Waals surface area contributed by atoms with E-state index in [1.54, 1.807) is 12.1 Å². The average molecular weight is 352 g/mol. The summed E-state index contributed by atoms with van der Waals surface area (Å²) in [6, 6.07) is 4.65. The van der Waals surface area contributed by atoms with Gasteiger partial charge in [-0.1, -0.05) is 0 Å². The van der Waals surface area contributed by atoms with Crippen molar-refractivity contribution in [2.24, 2.45) is 0 Å². The molecule has 0 fully saturated rings. The molecule has 2 rings (SSSR count). The van der Waals surface area contributed by atoms with Crippen molar-refractivity contribution in [3.63, 3.8) is 0 Å². The standard InChI is InChI=1S/C13H10BrF4NO/c1-19-12(10-4-5-11(14)20-10)8-6-7(13(16,17)18)2-3-9(8)15/h2-6,12,19H,1H3. The van der Waals surface area contributed by atoms with Crippen LogP contribution in [0.15, 0.2) is 39.4 Å². The lowest BCUT2D eigenvalue weighted by Crippen LogP contribution is -2.19. The fraction of sp³-hybridized carbons (Fsp3) is 0.231. The van der Waals surface area contributed by atoms with Crippen molar-refractivity contribution in [1.82, 2.24) is 5.32 Å². The third-order valence-electron chi connectivity index (χ3n) is 2.80. The zero-order chi connectivity index (χ0) is 14.9. The molecule has 1 atom stereocenters. The van der Waals surface area contributed by atoms with E-state index in [0.717, 1.165) is 12.1 Å². The van der Waals surface area contributed by atoms with Crippen LogP contribution in [-0.2, 0) is 6.18 Å². The highest BCUT2D eigenvalue weighted by atomic mass is 79.9. The number of benzene rings is 1. The van der Waals surface area contributed by atoms with E-state index in [9.17, 15) is 17.6 Å². The number of furan rings is 1. The van der Waals surface area contributed by atoms with Gasteiger partial charge in [0, 0.05) is 5.56 Å². The third kappa shape index (κ3) is 3.04. The van der Waals surface area contributed by atoms with Crippen molar-refractivity contribution in [1.29, 1.82) is 0 Å². The molecule has 0 amide bonds. The lowest BCUT2D eigenvalue weighted by atomic mass is 10.0. The summed E-state index contributed by atoms with van der Waals surface area (Å²) in [6.45, 7) is 0. The SMILES string of the molecule is CNC(c1ccc(Br)o1)c1cc(C(F)(F)F)ccc1F. The number of rotatable bonds is 3. The van der Waals surface area contributed by atoms with Crippen molar-refractivity contribution in [2.45, 2.75) is 12.2 Å². The summed E-state index contributed by atoms with van der Waals surface area (Å²) in [4.78, 5) is 0. The van der Waals surface area contributed by atoms with Gasteiger partial charge in [0.05, 0.1) is 11.6 Å². The van der Waals surface area contributed by atoms with Crippen LogP contribution in [0.5, 0.6) is 0 Å². The van der Waals surface area contributed by atoms with Crippen LogP contribution in [0.25, 0.3) is 0 Å². The number of hydrogen-bond acceptors (Lipinski definition) is 2.